The van der Waals surface area contributed by atoms with Crippen LogP contribution in [0.15, 0.2) is 60.8 Å². The van der Waals surface area contributed by atoms with Crippen LogP contribution in [0, 0.1) is 11.8 Å². The molecular weight excluding hydrogens is 492 g/mol. The Bertz CT molecular complexity index is 1180. The van der Waals surface area contributed by atoms with Crippen molar-refractivity contribution < 1.29 is 19.1 Å². The van der Waals surface area contributed by atoms with E-state index in [0.717, 1.165) is 11.1 Å². The number of fused-ring (bicyclic) bond motifs is 10. The van der Waals surface area contributed by atoms with Gasteiger partial charge in [-0.2, -0.15) is 0 Å². The Morgan fingerprint density at radius 3 is 2.21 bits per heavy atom. The van der Waals surface area contributed by atoms with Crippen molar-refractivity contribution in [2.24, 2.45) is 11.8 Å². The van der Waals surface area contributed by atoms with Gasteiger partial charge in [0, 0.05) is 6.20 Å². The summed E-state index contributed by atoms with van der Waals surface area (Å²) in [6.45, 7) is 8.46. The summed E-state index contributed by atoms with van der Waals surface area (Å²) < 4.78 is 6.54. The smallest absolute Gasteiger partial charge is 0.247 e. The van der Waals surface area contributed by atoms with Gasteiger partial charge in [0.05, 0.1) is 12.7 Å². The van der Waals surface area contributed by atoms with E-state index in [0.29, 0.717) is 24.5 Å². The zero-order valence-corrected chi connectivity index (χ0v) is 23.5. The number of amides is 3. The fourth-order valence-corrected chi connectivity index (χ4v) is 5.23. The number of carbonyl (C=O) groups is 3. The molecule has 2 aromatic rings. The van der Waals surface area contributed by atoms with Crippen LogP contribution in [0.5, 0.6) is 5.75 Å². The van der Waals surface area contributed by atoms with E-state index in [2.05, 4.69) is 24.5 Å². The molecule has 0 unspecified atom stereocenters. The van der Waals surface area contributed by atoms with Crippen LogP contribution in [0.1, 0.15) is 57.8 Å². The van der Waals surface area contributed by atoms with Gasteiger partial charge in [-0.25, -0.2) is 0 Å². The summed E-state index contributed by atoms with van der Waals surface area (Å²) >= 11 is 0. The molecule has 0 radical (unpaired) electrons. The fourth-order valence-electron chi connectivity index (χ4n) is 5.23. The Balaban J connectivity index is 1.82. The molecule has 1 saturated heterocycles. The number of nitrogens with zero attached hydrogens (tertiary/aromatic N) is 2. The monoisotopic (exact) mass is 532 g/mol. The predicted octanol–water partition coefficient (Wildman–Crippen LogP) is 3.95. The van der Waals surface area contributed by atoms with E-state index >= 15 is 0 Å². The first-order valence-electron chi connectivity index (χ1n) is 13.7. The Labute approximate surface area is 231 Å². The summed E-state index contributed by atoms with van der Waals surface area (Å²) in [6.07, 6.45) is 3.72. The number of hydrogen-bond acceptors (Lipinski definition) is 5. The standard InChI is InChI=1S/C31H40N4O4/c1-20(2)17-25-29(36)32-16-15-22-11-13-24(14-12-22)39-28(23-9-7-6-8-10-23)27(30(37)33-25)35-19-34(5)26(31(35)38)18-21(3)4/h6-16,20-21,25-28H,17-19H2,1-5H3,(H,32,36)(H,33,37)/b16-15-/t25-,26+,27+,28+/m1/s1. The molecule has 2 aromatic carbocycles. The SMILES string of the molecule is CC(C)C[C@H]1NC(=O)[C@@H](N2CN(C)[C@@H](CC(C)C)C2=O)[C@H](c2ccccc2)Oc2ccc(cc2)/C=C\NC1=O. The zero-order chi connectivity index (χ0) is 28.1. The Morgan fingerprint density at radius 2 is 1.56 bits per heavy atom. The zero-order valence-electron chi connectivity index (χ0n) is 23.5. The van der Waals surface area contributed by atoms with Crippen LogP contribution in [0.4, 0.5) is 0 Å². The van der Waals surface area contributed by atoms with Gasteiger partial charge in [0.25, 0.3) is 0 Å². The van der Waals surface area contributed by atoms with E-state index in [4.69, 9.17) is 4.74 Å². The van der Waals surface area contributed by atoms with Crippen LogP contribution in [0.3, 0.4) is 0 Å². The summed E-state index contributed by atoms with van der Waals surface area (Å²) in [7, 11) is 1.91. The molecule has 0 spiro atoms. The maximum atomic E-state index is 14.2. The topological polar surface area (TPSA) is 91.0 Å². The number of benzene rings is 2. The third-order valence-corrected chi connectivity index (χ3v) is 7.17. The molecule has 3 aliphatic rings. The number of likely N-dealkylation sites (N-methyl/N-ethyl adjacent to an activating group) is 1. The molecule has 3 aliphatic heterocycles. The highest BCUT2D eigenvalue weighted by molar-refractivity contribution is 5.94. The molecule has 208 valence electrons. The first-order chi connectivity index (χ1) is 18.6. The Hall–Kier alpha value is -3.65. The van der Waals surface area contributed by atoms with Crippen molar-refractivity contribution >= 4 is 23.8 Å². The van der Waals surface area contributed by atoms with Gasteiger partial charge < -0.3 is 20.3 Å². The van der Waals surface area contributed by atoms with Gasteiger partial charge in [-0.1, -0.05) is 70.2 Å². The van der Waals surface area contributed by atoms with E-state index in [-0.39, 0.29) is 30.4 Å². The molecule has 4 atom stereocenters. The molecular formula is C31H40N4O4. The molecule has 5 rings (SSSR count). The van der Waals surface area contributed by atoms with Crippen LogP contribution in [-0.4, -0.2) is 59.4 Å². The maximum absolute atomic E-state index is 14.2. The van der Waals surface area contributed by atoms with E-state index in [1.807, 2.05) is 80.4 Å². The third kappa shape index (κ3) is 6.87. The second-order valence-corrected chi connectivity index (χ2v) is 11.3. The van der Waals surface area contributed by atoms with Gasteiger partial charge in [0.15, 0.2) is 12.1 Å². The first kappa shape index (κ1) is 28.4. The second kappa shape index (κ2) is 12.5. The summed E-state index contributed by atoms with van der Waals surface area (Å²) in [5, 5.41) is 5.80. The quantitative estimate of drug-likeness (QED) is 0.588. The van der Waals surface area contributed by atoms with Crippen molar-refractivity contribution in [3.05, 3.63) is 71.9 Å². The number of ether oxygens (including phenoxy) is 1. The number of rotatable bonds is 6. The number of carbonyl (C=O) groups excluding carboxylic acids is 3. The second-order valence-electron chi connectivity index (χ2n) is 11.3. The van der Waals surface area contributed by atoms with Crippen molar-refractivity contribution in [1.82, 2.24) is 20.4 Å². The van der Waals surface area contributed by atoms with Crippen LogP contribution >= 0.6 is 0 Å². The molecule has 1 fully saturated rings. The van der Waals surface area contributed by atoms with Crippen LogP contribution in [0.2, 0.25) is 0 Å². The number of nitrogens with one attached hydrogen (secondary N) is 2. The highest BCUT2D eigenvalue weighted by Gasteiger charge is 2.47. The molecule has 0 aliphatic carbocycles. The predicted molar refractivity (Wildman–Crippen MR) is 151 cm³/mol. The summed E-state index contributed by atoms with van der Waals surface area (Å²) in [5.74, 6) is 0.212. The largest absolute Gasteiger partial charge is 0.483 e. The summed E-state index contributed by atoms with van der Waals surface area (Å²) in [4.78, 5) is 44.9. The van der Waals surface area contributed by atoms with Crippen molar-refractivity contribution in [3.8, 4) is 5.75 Å². The lowest BCUT2D eigenvalue weighted by Gasteiger charge is -2.35. The molecule has 39 heavy (non-hydrogen) atoms. The highest BCUT2D eigenvalue weighted by Crippen LogP contribution is 2.32. The van der Waals surface area contributed by atoms with Gasteiger partial charge in [-0.05, 0) is 61.1 Å². The molecule has 8 nitrogen and oxygen atoms in total. The van der Waals surface area contributed by atoms with E-state index in [1.165, 1.54) is 0 Å². The normalized spacial score (nSPS) is 25.4. The van der Waals surface area contributed by atoms with E-state index in [9.17, 15) is 14.4 Å². The van der Waals surface area contributed by atoms with E-state index < -0.39 is 24.1 Å². The van der Waals surface area contributed by atoms with Crippen LogP contribution in [0.25, 0.3) is 6.08 Å². The van der Waals surface area contributed by atoms with Gasteiger partial charge in [0.1, 0.15) is 11.8 Å². The van der Waals surface area contributed by atoms with Gasteiger partial charge in [0.2, 0.25) is 17.7 Å². The Kier molecular flexibility index (Phi) is 9.07. The minimum Gasteiger partial charge on any atom is -0.483 e. The lowest BCUT2D eigenvalue weighted by Crippen LogP contribution is -2.57. The van der Waals surface area contributed by atoms with Crippen LogP contribution < -0.4 is 15.4 Å². The lowest BCUT2D eigenvalue weighted by molar-refractivity contribution is -0.143. The molecule has 2 bridgehead atoms. The third-order valence-electron chi connectivity index (χ3n) is 7.17. The van der Waals surface area contributed by atoms with Crippen LogP contribution in [-0.2, 0) is 14.4 Å². The molecule has 0 aromatic heterocycles. The van der Waals surface area contributed by atoms with Crippen molar-refractivity contribution in [2.75, 3.05) is 13.7 Å². The fraction of sp³-hybridized carbons (Fsp3) is 0.452. The van der Waals surface area contributed by atoms with E-state index in [1.54, 1.807) is 17.2 Å². The van der Waals surface area contributed by atoms with Gasteiger partial charge in [-0.15, -0.1) is 0 Å². The summed E-state index contributed by atoms with van der Waals surface area (Å²) in [6, 6.07) is 14.8. The van der Waals surface area contributed by atoms with Crippen molar-refractivity contribution in [3.63, 3.8) is 0 Å². The molecule has 3 heterocycles. The van der Waals surface area contributed by atoms with Gasteiger partial charge >= 0.3 is 0 Å². The lowest BCUT2D eigenvalue weighted by atomic mass is 9.97. The average Bonchev–Trinajstić information content (AvgIpc) is 3.16. The highest BCUT2D eigenvalue weighted by atomic mass is 16.5. The molecule has 2 N–H and O–H groups in total. The molecule has 3 amide bonds. The van der Waals surface area contributed by atoms with Crippen molar-refractivity contribution in [2.45, 2.75) is 64.8 Å². The Morgan fingerprint density at radius 1 is 0.897 bits per heavy atom. The first-order valence-corrected chi connectivity index (χ1v) is 13.7. The minimum absolute atomic E-state index is 0.111. The summed E-state index contributed by atoms with van der Waals surface area (Å²) in [5.41, 5.74) is 1.66. The maximum Gasteiger partial charge on any atom is 0.247 e. The molecule has 0 saturated carbocycles. The average molecular weight is 533 g/mol. The van der Waals surface area contributed by atoms with Gasteiger partial charge in [-0.3, -0.25) is 19.3 Å². The van der Waals surface area contributed by atoms with Crippen molar-refractivity contribution in [1.29, 1.82) is 0 Å². The number of hydrogen-bond donors (Lipinski definition) is 2. The minimum atomic E-state index is -1.000. The molecule has 8 heteroatoms.